The van der Waals surface area contributed by atoms with E-state index in [4.69, 9.17) is 29.6 Å². The first-order valence-electron chi connectivity index (χ1n) is 5.29. The van der Waals surface area contributed by atoms with Gasteiger partial charge < -0.3 is 11.1 Å². The molecule has 2 aromatic rings. The fourth-order valence-electron chi connectivity index (χ4n) is 1.56. The molecule has 98 valence electrons. The molecule has 6 heteroatoms. The lowest BCUT2D eigenvalue weighted by Crippen LogP contribution is -2.12. The van der Waals surface area contributed by atoms with E-state index < -0.39 is 11.6 Å². The van der Waals surface area contributed by atoms with Gasteiger partial charge in [0.2, 0.25) is 0 Å². The Balaban J connectivity index is 2.37. The van der Waals surface area contributed by atoms with Crippen LogP contribution in [0.4, 0.5) is 20.2 Å². The maximum absolute atomic E-state index is 13.1. The number of halogens is 3. The predicted octanol–water partition coefficient (Wildman–Crippen LogP) is 4.00. The third kappa shape index (κ3) is 3.19. The highest BCUT2D eigenvalue weighted by Gasteiger charge is 2.08. The van der Waals surface area contributed by atoms with Crippen molar-refractivity contribution >= 4 is 40.2 Å². The predicted molar refractivity (Wildman–Crippen MR) is 77.0 cm³/mol. The monoisotopic (exact) mass is 298 g/mol. The summed E-state index contributed by atoms with van der Waals surface area (Å²) in [5.41, 5.74) is 6.98. The Labute approximate surface area is 119 Å². The van der Waals surface area contributed by atoms with Crippen LogP contribution in [-0.4, -0.2) is 4.99 Å². The summed E-state index contributed by atoms with van der Waals surface area (Å²) >= 11 is 10.5. The summed E-state index contributed by atoms with van der Waals surface area (Å²) < 4.78 is 26.2. The number of nitrogens with two attached hydrogens (primary N) is 1. The van der Waals surface area contributed by atoms with Gasteiger partial charge in [-0.1, -0.05) is 23.8 Å². The Morgan fingerprint density at radius 1 is 1.16 bits per heavy atom. The maximum atomic E-state index is 13.1. The molecule has 0 aliphatic carbocycles. The second-order valence-corrected chi connectivity index (χ2v) is 4.66. The van der Waals surface area contributed by atoms with Gasteiger partial charge in [0, 0.05) is 16.9 Å². The molecule has 0 spiro atoms. The largest absolute Gasteiger partial charge is 0.389 e. The Morgan fingerprint density at radius 3 is 2.53 bits per heavy atom. The molecule has 0 aromatic heterocycles. The van der Waals surface area contributed by atoms with Gasteiger partial charge in [0.15, 0.2) is 0 Å². The van der Waals surface area contributed by atoms with Crippen molar-refractivity contribution in [2.75, 3.05) is 5.32 Å². The second kappa shape index (κ2) is 5.50. The smallest absolute Gasteiger partial charge is 0.141 e. The third-order valence-electron chi connectivity index (χ3n) is 2.45. The van der Waals surface area contributed by atoms with Gasteiger partial charge in [0.05, 0.1) is 5.02 Å². The van der Waals surface area contributed by atoms with Gasteiger partial charge in [0.25, 0.3) is 0 Å². The number of rotatable bonds is 3. The first kappa shape index (κ1) is 13.7. The summed E-state index contributed by atoms with van der Waals surface area (Å²) in [5.74, 6) is -0.952. The van der Waals surface area contributed by atoms with E-state index >= 15 is 0 Å². The van der Waals surface area contributed by atoms with Crippen LogP contribution in [0.2, 0.25) is 5.02 Å². The molecule has 2 aromatic carbocycles. The van der Waals surface area contributed by atoms with Crippen LogP contribution in [0.15, 0.2) is 36.4 Å². The van der Waals surface area contributed by atoms with Crippen molar-refractivity contribution in [1.82, 2.24) is 0 Å². The van der Waals surface area contributed by atoms with Crippen molar-refractivity contribution < 1.29 is 8.78 Å². The van der Waals surface area contributed by atoms with Gasteiger partial charge in [-0.05, 0) is 36.4 Å². The van der Waals surface area contributed by atoms with E-state index in [-0.39, 0.29) is 10.0 Å². The van der Waals surface area contributed by atoms with Gasteiger partial charge in [-0.2, -0.15) is 0 Å². The molecule has 0 radical (unpaired) electrons. The van der Waals surface area contributed by atoms with Crippen LogP contribution in [0.3, 0.4) is 0 Å². The van der Waals surface area contributed by atoms with E-state index in [1.165, 1.54) is 36.4 Å². The summed E-state index contributed by atoms with van der Waals surface area (Å²) in [5, 5.41) is 2.95. The van der Waals surface area contributed by atoms with Crippen LogP contribution in [0, 0.1) is 11.6 Å². The minimum Gasteiger partial charge on any atom is -0.389 e. The summed E-state index contributed by atoms with van der Waals surface area (Å²) in [6, 6.07) is 8.16. The Hall–Kier alpha value is -1.72. The van der Waals surface area contributed by atoms with E-state index in [1.807, 2.05) is 0 Å². The van der Waals surface area contributed by atoms with Crippen LogP contribution < -0.4 is 11.1 Å². The van der Waals surface area contributed by atoms with Crippen molar-refractivity contribution in [2.24, 2.45) is 5.73 Å². The highest BCUT2D eigenvalue weighted by Crippen LogP contribution is 2.25. The van der Waals surface area contributed by atoms with Crippen molar-refractivity contribution in [2.45, 2.75) is 0 Å². The first-order valence-corrected chi connectivity index (χ1v) is 6.07. The lowest BCUT2D eigenvalue weighted by Gasteiger charge is -2.11. The molecule has 0 aliphatic rings. The lowest BCUT2D eigenvalue weighted by molar-refractivity contribution is 0.628. The Bertz CT molecular complexity index is 647. The highest BCUT2D eigenvalue weighted by molar-refractivity contribution is 7.80. The molecular formula is C13H9ClF2N2S. The van der Waals surface area contributed by atoms with Crippen LogP contribution in [-0.2, 0) is 0 Å². The highest BCUT2D eigenvalue weighted by atomic mass is 35.5. The molecule has 0 saturated carbocycles. The van der Waals surface area contributed by atoms with Crippen LogP contribution in [0.5, 0.6) is 0 Å². The quantitative estimate of drug-likeness (QED) is 0.841. The lowest BCUT2D eigenvalue weighted by atomic mass is 10.1. The fourth-order valence-corrected chi connectivity index (χ4v) is 1.91. The maximum Gasteiger partial charge on any atom is 0.141 e. The van der Waals surface area contributed by atoms with Crippen LogP contribution in [0.1, 0.15) is 5.56 Å². The standard InChI is InChI=1S/C13H9ClF2N2S/c14-10-6-8(2-3-11(10)16)18-12-4-1-7(15)5-9(12)13(17)19/h1-6,18H,(H2,17,19). The van der Waals surface area contributed by atoms with Crippen LogP contribution >= 0.6 is 23.8 Å². The zero-order valence-electron chi connectivity index (χ0n) is 9.58. The molecule has 0 fully saturated rings. The van der Waals surface area contributed by atoms with Gasteiger partial charge in [-0.15, -0.1) is 0 Å². The summed E-state index contributed by atoms with van der Waals surface area (Å²) in [6.07, 6.45) is 0. The summed E-state index contributed by atoms with van der Waals surface area (Å²) in [7, 11) is 0. The molecule has 0 aliphatic heterocycles. The molecule has 0 amide bonds. The van der Waals surface area contributed by atoms with E-state index in [1.54, 1.807) is 0 Å². The second-order valence-electron chi connectivity index (χ2n) is 3.81. The van der Waals surface area contributed by atoms with E-state index in [0.717, 1.165) is 0 Å². The molecule has 3 N–H and O–H groups in total. The number of benzene rings is 2. The zero-order chi connectivity index (χ0) is 14.0. The van der Waals surface area contributed by atoms with Crippen molar-refractivity contribution in [3.63, 3.8) is 0 Å². The fraction of sp³-hybridized carbons (Fsp3) is 0. The van der Waals surface area contributed by atoms with E-state index in [0.29, 0.717) is 16.9 Å². The number of anilines is 2. The number of hydrogen-bond donors (Lipinski definition) is 2. The molecule has 2 rings (SSSR count). The molecule has 0 unspecified atom stereocenters. The zero-order valence-corrected chi connectivity index (χ0v) is 11.2. The van der Waals surface area contributed by atoms with E-state index in [2.05, 4.69) is 5.32 Å². The SMILES string of the molecule is NC(=S)c1cc(F)ccc1Nc1ccc(F)c(Cl)c1. The summed E-state index contributed by atoms with van der Waals surface area (Å²) in [4.78, 5) is 0.0650. The van der Waals surface area contributed by atoms with Gasteiger partial charge >= 0.3 is 0 Å². The molecule has 0 atom stereocenters. The van der Waals surface area contributed by atoms with Gasteiger partial charge in [0.1, 0.15) is 16.6 Å². The van der Waals surface area contributed by atoms with Crippen molar-refractivity contribution in [3.05, 3.63) is 58.6 Å². The molecular weight excluding hydrogens is 290 g/mol. The van der Waals surface area contributed by atoms with Crippen LogP contribution in [0.25, 0.3) is 0 Å². The van der Waals surface area contributed by atoms with Gasteiger partial charge in [-0.25, -0.2) is 8.78 Å². The average Bonchev–Trinajstić information content (AvgIpc) is 2.36. The molecule has 0 bridgehead atoms. The first-order chi connectivity index (χ1) is 8.97. The van der Waals surface area contributed by atoms with Gasteiger partial charge in [-0.3, -0.25) is 0 Å². The summed E-state index contributed by atoms with van der Waals surface area (Å²) in [6.45, 7) is 0. The number of thiocarbonyl (C=S) groups is 1. The van der Waals surface area contributed by atoms with Crippen molar-refractivity contribution in [3.8, 4) is 0 Å². The number of hydrogen-bond acceptors (Lipinski definition) is 2. The minimum atomic E-state index is -0.513. The Morgan fingerprint density at radius 2 is 1.89 bits per heavy atom. The molecule has 2 nitrogen and oxygen atoms in total. The number of nitrogens with one attached hydrogen (secondary N) is 1. The minimum absolute atomic E-state index is 0.0102. The van der Waals surface area contributed by atoms with Crippen molar-refractivity contribution in [1.29, 1.82) is 0 Å². The van der Waals surface area contributed by atoms with E-state index in [9.17, 15) is 8.78 Å². The molecule has 0 saturated heterocycles. The molecule has 19 heavy (non-hydrogen) atoms. The third-order valence-corrected chi connectivity index (χ3v) is 2.96. The normalized spacial score (nSPS) is 10.3. The topological polar surface area (TPSA) is 38.0 Å². The Kier molecular flexibility index (Phi) is 3.97. The average molecular weight is 299 g/mol. The molecule has 0 heterocycles.